The summed E-state index contributed by atoms with van der Waals surface area (Å²) < 4.78 is 0. The van der Waals surface area contributed by atoms with Crippen molar-refractivity contribution >= 4 is 0 Å². The van der Waals surface area contributed by atoms with E-state index in [1.165, 1.54) is 5.56 Å². The zero-order valence-corrected chi connectivity index (χ0v) is 13.2. The third kappa shape index (κ3) is 5.23. The summed E-state index contributed by atoms with van der Waals surface area (Å²) in [5, 5.41) is 12.7. The number of likely N-dealkylation sites (N-methyl/N-ethyl adjacent to an activating group) is 1. The van der Waals surface area contributed by atoms with Gasteiger partial charge in [-0.2, -0.15) is 0 Å². The first kappa shape index (κ1) is 17.2. The van der Waals surface area contributed by atoms with E-state index in [2.05, 4.69) is 61.3 Å². The molecule has 1 unspecified atom stereocenters. The summed E-state index contributed by atoms with van der Waals surface area (Å²) >= 11 is 0. The normalized spacial score (nSPS) is 14.4. The molecule has 1 rings (SSSR count). The van der Waals surface area contributed by atoms with Crippen LogP contribution in [0.5, 0.6) is 0 Å². The highest BCUT2D eigenvalue weighted by molar-refractivity contribution is 5.25. The summed E-state index contributed by atoms with van der Waals surface area (Å²) in [7, 11) is 0. The molecular weight excluding hydrogens is 248 g/mol. The number of rotatable bonds is 10. The number of aliphatic hydroxyl groups is 1. The number of nitrogens with zero attached hydrogens (tertiary/aromatic N) is 1. The summed E-state index contributed by atoms with van der Waals surface area (Å²) in [5.41, 5.74) is 1.43. The second kappa shape index (κ2) is 9.11. The van der Waals surface area contributed by atoms with Gasteiger partial charge in [0.1, 0.15) is 0 Å². The summed E-state index contributed by atoms with van der Waals surface area (Å²) in [5.74, 6) is 0. The van der Waals surface area contributed by atoms with Crippen LogP contribution in [0.1, 0.15) is 32.8 Å². The largest absolute Gasteiger partial charge is 0.395 e. The first-order valence-electron chi connectivity index (χ1n) is 7.75. The average Bonchev–Trinajstić information content (AvgIpc) is 2.47. The van der Waals surface area contributed by atoms with E-state index in [0.29, 0.717) is 0 Å². The summed E-state index contributed by atoms with van der Waals surface area (Å²) in [4.78, 5) is 2.37. The van der Waals surface area contributed by atoms with Gasteiger partial charge in [-0.05, 0) is 25.1 Å². The molecule has 0 spiro atoms. The van der Waals surface area contributed by atoms with Crippen LogP contribution in [0.15, 0.2) is 30.3 Å². The molecule has 0 heterocycles. The van der Waals surface area contributed by atoms with Crippen LogP contribution in [0, 0.1) is 0 Å². The highest BCUT2D eigenvalue weighted by atomic mass is 16.3. The van der Waals surface area contributed by atoms with E-state index in [0.717, 1.165) is 39.1 Å². The molecule has 1 aromatic rings. The minimum absolute atomic E-state index is 0.0710. The van der Waals surface area contributed by atoms with Crippen molar-refractivity contribution in [3.63, 3.8) is 0 Å². The molecule has 0 saturated carbocycles. The second-order valence-corrected chi connectivity index (χ2v) is 5.71. The van der Waals surface area contributed by atoms with Crippen molar-refractivity contribution < 1.29 is 5.11 Å². The monoisotopic (exact) mass is 278 g/mol. The van der Waals surface area contributed by atoms with Gasteiger partial charge in [0.15, 0.2) is 0 Å². The molecule has 20 heavy (non-hydrogen) atoms. The van der Waals surface area contributed by atoms with Gasteiger partial charge in [0.2, 0.25) is 0 Å². The topological polar surface area (TPSA) is 35.5 Å². The third-order valence-electron chi connectivity index (χ3n) is 3.76. The second-order valence-electron chi connectivity index (χ2n) is 5.71. The predicted octanol–water partition coefficient (Wildman–Crippen LogP) is 2.26. The molecule has 0 fully saturated rings. The Morgan fingerprint density at radius 3 is 2.40 bits per heavy atom. The van der Waals surface area contributed by atoms with Gasteiger partial charge >= 0.3 is 0 Å². The Labute approximate surface area is 124 Å². The lowest BCUT2D eigenvalue weighted by molar-refractivity contribution is 0.165. The van der Waals surface area contributed by atoms with E-state index in [9.17, 15) is 5.11 Å². The Bertz CT molecular complexity index is 349. The van der Waals surface area contributed by atoms with Gasteiger partial charge in [0, 0.05) is 25.0 Å². The van der Waals surface area contributed by atoms with E-state index in [-0.39, 0.29) is 12.0 Å². The van der Waals surface area contributed by atoms with E-state index < -0.39 is 0 Å². The van der Waals surface area contributed by atoms with Crippen molar-refractivity contribution in [2.24, 2.45) is 0 Å². The third-order valence-corrected chi connectivity index (χ3v) is 3.76. The lowest BCUT2D eigenvalue weighted by Crippen LogP contribution is -2.46. The minimum atomic E-state index is 0.0710. The van der Waals surface area contributed by atoms with Crippen LogP contribution in [0.2, 0.25) is 0 Å². The molecule has 3 heteroatoms. The van der Waals surface area contributed by atoms with Gasteiger partial charge in [-0.25, -0.2) is 0 Å². The van der Waals surface area contributed by atoms with E-state index in [1.807, 2.05) is 0 Å². The Balaban J connectivity index is 2.86. The molecule has 0 aliphatic heterocycles. The fourth-order valence-corrected chi connectivity index (χ4v) is 2.71. The van der Waals surface area contributed by atoms with Crippen molar-refractivity contribution in [2.45, 2.75) is 32.6 Å². The number of benzene rings is 1. The van der Waals surface area contributed by atoms with Crippen LogP contribution < -0.4 is 5.32 Å². The molecule has 0 aliphatic carbocycles. The van der Waals surface area contributed by atoms with Gasteiger partial charge in [-0.15, -0.1) is 0 Å². The van der Waals surface area contributed by atoms with E-state index in [4.69, 9.17) is 0 Å². The minimum Gasteiger partial charge on any atom is -0.395 e. The van der Waals surface area contributed by atoms with Crippen molar-refractivity contribution in [2.75, 3.05) is 39.3 Å². The van der Waals surface area contributed by atoms with E-state index in [1.54, 1.807) is 0 Å². The van der Waals surface area contributed by atoms with Crippen LogP contribution in [-0.4, -0.2) is 49.3 Å². The lowest BCUT2D eigenvalue weighted by atomic mass is 9.81. The van der Waals surface area contributed by atoms with Crippen molar-refractivity contribution in [1.29, 1.82) is 0 Å². The highest BCUT2D eigenvalue weighted by Gasteiger charge is 2.28. The average molecular weight is 278 g/mol. The molecule has 0 amide bonds. The summed E-state index contributed by atoms with van der Waals surface area (Å²) in [6.45, 7) is 11.6. The number of hydrogen-bond donors (Lipinski definition) is 2. The zero-order chi connectivity index (χ0) is 14.8. The summed E-state index contributed by atoms with van der Waals surface area (Å²) in [6, 6.07) is 10.7. The number of aliphatic hydroxyl groups excluding tert-OH is 1. The number of nitrogens with one attached hydrogen (secondary N) is 1. The molecule has 0 saturated heterocycles. The lowest BCUT2D eigenvalue weighted by Gasteiger charge is -2.36. The van der Waals surface area contributed by atoms with Crippen molar-refractivity contribution in [3.05, 3.63) is 35.9 Å². The van der Waals surface area contributed by atoms with E-state index >= 15 is 0 Å². The zero-order valence-electron chi connectivity index (χ0n) is 13.2. The standard InChI is InChI=1S/C17H30N2O/c1-4-11-19(12-13-20)15-17(3,14-18-5-2)16-9-7-6-8-10-16/h6-10,18,20H,4-5,11-15H2,1-3H3. The van der Waals surface area contributed by atoms with Gasteiger partial charge in [-0.3, -0.25) is 0 Å². The first-order valence-corrected chi connectivity index (χ1v) is 7.75. The maximum atomic E-state index is 9.25. The molecule has 1 aromatic carbocycles. The van der Waals surface area contributed by atoms with Gasteiger partial charge in [-0.1, -0.05) is 51.1 Å². The molecule has 0 aliphatic rings. The smallest absolute Gasteiger partial charge is 0.0558 e. The molecule has 3 nitrogen and oxygen atoms in total. The van der Waals surface area contributed by atoms with Crippen molar-refractivity contribution in [3.8, 4) is 0 Å². The highest BCUT2D eigenvalue weighted by Crippen LogP contribution is 2.24. The quantitative estimate of drug-likeness (QED) is 0.689. The van der Waals surface area contributed by atoms with Crippen LogP contribution in [-0.2, 0) is 5.41 Å². The van der Waals surface area contributed by atoms with Crippen LogP contribution in [0.3, 0.4) is 0 Å². The van der Waals surface area contributed by atoms with Crippen molar-refractivity contribution in [1.82, 2.24) is 10.2 Å². The van der Waals surface area contributed by atoms with Gasteiger partial charge < -0.3 is 15.3 Å². The fraction of sp³-hybridized carbons (Fsp3) is 0.647. The summed E-state index contributed by atoms with van der Waals surface area (Å²) in [6.07, 6.45) is 1.12. The Kier molecular flexibility index (Phi) is 7.82. The van der Waals surface area contributed by atoms with Crippen LogP contribution >= 0.6 is 0 Å². The van der Waals surface area contributed by atoms with Crippen LogP contribution in [0.25, 0.3) is 0 Å². The first-order chi connectivity index (χ1) is 9.66. The molecule has 114 valence electrons. The Morgan fingerprint density at radius 2 is 1.85 bits per heavy atom. The van der Waals surface area contributed by atoms with Crippen LogP contribution in [0.4, 0.5) is 0 Å². The molecular formula is C17H30N2O. The van der Waals surface area contributed by atoms with Gasteiger partial charge in [0.25, 0.3) is 0 Å². The number of hydrogen-bond acceptors (Lipinski definition) is 3. The predicted molar refractivity (Wildman–Crippen MR) is 86.2 cm³/mol. The van der Waals surface area contributed by atoms with Gasteiger partial charge in [0.05, 0.1) is 6.61 Å². The Hall–Kier alpha value is -0.900. The molecule has 0 radical (unpaired) electrons. The SMILES string of the molecule is CCCN(CCO)CC(C)(CNCC)c1ccccc1. The molecule has 0 bridgehead atoms. The fourth-order valence-electron chi connectivity index (χ4n) is 2.71. The molecule has 1 atom stereocenters. The Morgan fingerprint density at radius 1 is 1.15 bits per heavy atom. The molecule has 2 N–H and O–H groups in total. The maximum Gasteiger partial charge on any atom is 0.0558 e. The molecule has 0 aromatic heterocycles. The maximum absolute atomic E-state index is 9.25.